The van der Waals surface area contributed by atoms with Crippen molar-refractivity contribution in [2.75, 3.05) is 34.4 Å². The van der Waals surface area contributed by atoms with Gasteiger partial charge in [-0.15, -0.1) is 0 Å². The van der Waals surface area contributed by atoms with Gasteiger partial charge in [0.15, 0.2) is 11.5 Å². The zero-order chi connectivity index (χ0) is 20.8. The summed E-state index contributed by atoms with van der Waals surface area (Å²) in [5.41, 5.74) is 2.48. The van der Waals surface area contributed by atoms with Crippen LogP contribution in [0.25, 0.3) is 12.2 Å². The Hall–Kier alpha value is -2.45. The predicted octanol–water partition coefficient (Wildman–Crippen LogP) is 3.96. The van der Waals surface area contributed by atoms with E-state index in [4.69, 9.17) is 26.4 Å². The summed E-state index contributed by atoms with van der Waals surface area (Å²) in [4.78, 5) is 6.96. The molecule has 8 heteroatoms. The van der Waals surface area contributed by atoms with Crippen LogP contribution < -0.4 is 14.2 Å². The van der Waals surface area contributed by atoms with Gasteiger partial charge in [0.2, 0.25) is 10.5 Å². The molecule has 1 aromatic carbocycles. The van der Waals surface area contributed by atoms with Crippen molar-refractivity contribution in [1.82, 2.24) is 19.7 Å². The van der Waals surface area contributed by atoms with Crippen LogP contribution in [0.4, 0.5) is 0 Å². The van der Waals surface area contributed by atoms with Gasteiger partial charge in [-0.2, -0.15) is 5.10 Å². The van der Waals surface area contributed by atoms with Gasteiger partial charge in [-0.3, -0.25) is 4.90 Å². The van der Waals surface area contributed by atoms with Crippen molar-refractivity contribution in [2.45, 2.75) is 32.9 Å². The first-order valence-electron chi connectivity index (χ1n) is 9.72. The molecule has 1 aliphatic heterocycles. The van der Waals surface area contributed by atoms with E-state index in [2.05, 4.69) is 15.0 Å². The molecule has 0 amide bonds. The number of methoxy groups -OCH3 is 3. The molecule has 0 spiro atoms. The van der Waals surface area contributed by atoms with E-state index in [0.29, 0.717) is 28.7 Å². The minimum absolute atomic E-state index is 0.491. The predicted molar refractivity (Wildman–Crippen MR) is 116 cm³/mol. The van der Waals surface area contributed by atoms with Crippen molar-refractivity contribution in [3.8, 4) is 17.2 Å². The quantitative estimate of drug-likeness (QED) is 0.633. The molecule has 1 aliphatic rings. The lowest BCUT2D eigenvalue weighted by Gasteiger charge is -2.26. The summed E-state index contributed by atoms with van der Waals surface area (Å²) in [5.74, 6) is 1.77. The number of nitrogens with zero attached hydrogens (tertiary/aromatic N) is 4. The molecule has 1 aromatic heterocycles. The number of ether oxygens (including phenoxy) is 3. The number of hydrogen-bond acceptors (Lipinski definition) is 7. The van der Waals surface area contributed by atoms with Crippen LogP contribution in [-0.2, 0) is 6.67 Å². The molecule has 0 aliphatic carbocycles. The van der Waals surface area contributed by atoms with Crippen molar-refractivity contribution in [1.29, 1.82) is 0 Å². The first kappa shape index (κ1) is 21.3. The number of rotatable bonds is 7. The Balaban J connectivity index is 1.83. The Labute approximate surface area is 176 Å². The van der Waals surface area contributed by atoms with Gasteiger partial charge in [-0.1, -0.05) is 12.5 Å². The zero-order valence-corrected chi connectivity index (χ0v) is 18.3. The van der Waals surface area contributed by atoms with Gasteiger partial charge in [-0.05, 0) is 68.8 Å². The average molecular weight is 417 g/mol. The second kappa shape index (κ2) is 9.84. The molecule has 0 saturated carbocycles. The highest BCUT2D eigenvalue weighted by atomic mass is 32.1. The summed E-state index contributed by atoms with van der Waals surface area (Å²) in [6, 6.07) is 3.77. The average Bonchev–Trinajstić information content (AvgIpc) is 2.74. The number of aryl methyl sites for hydroxylation is 1. The molecule has 156 valence electrons. The van der Waals surface area contributed by atoms with Crippen LogP contribution in [0.5, 0.6) is 17.2 Å². The molecule has 1 saturated heterocycles. The maximum Gasteiger partial charge on any atom is 0.217 e. The van der Waals surface area contributed by atoms with Crippen LogP contribution in [0.1, 0.15) is 36.2 Å². The van der Waals surface area contributed by atoms with Crippen molar-refractivity contribution in [2.24, 2.45) is 0 Å². The second-order valence-corrected chi connectivity index (χ2v) is 7.34. The van der Waals surface area contributed by atoms with E-state index in [9.17, 15) is 0 Å². The van der Waals surface area contributed by atoms with Crippen molar-refractivity contribution in [3.63, 3.8) is 0 Å². The summed E-state index contributed by atoms with van der Waals surface area (Å²) in [7, 11) is 4.79. The standard InChI is InChI=1S/C21H28N4O3S/c1-15-17(22-21(29)25(23-15)14-24-10-6-5-7-11-24)9-8-16-12-18(26-2)20(28-4)19(13-16)27-3/h8-9,12-13H,5-7,10-11,14H2,1-4H3/b9-8+. The van der Waals surface area contributed by atoms with Crippen LogP contribution in [0.2, 0.25) is 0 Å². The zero-order valence-electron chi connectivity index (χ0n) is 17.5. The molecule has 3 rings (SSSR count). The third-order valence-electron chi connectivity index (χ3n) is 4.98. The minimum atomic E-state index is 0.491. The molecule has 0 atom stereocenters. The third-order valence-corrected chi connectivity index (χ3v) is 5.28. The number of benzene rings is 1. The summed E-state index contributed by atoms with van der Waals surface area (Å²) in [6.07, 6.45) is 7.61. The van der Waals surface area contributed by atoms with E-state index in [0.717, 1.165) is 30.0 Å². The van der Waals surface area contributed by atoms with E-state index in [1.807, 2.05) is 35.9 Å². The SMILES string of the molecule is COc1cc(/C=C/c2nc(=S)n(CN3CCCCC3)nc2C)cc(OC)c1OC. The molecule has 0 unspecified atom stereocenters. The van der Waals surface area contributed by atoms with E-state index in [1.165, 1.54) is 19.3 Å². The van der Waals surface area contributed by atoms with Gasteiger partial charge in [0.25, 0.3) is 0 Å². The lowest BCUT2D eigenvalue weighted by molar-refractivity contribution is 0.169. The lowest BCUT2D eigenvalue weighted by atomic mass is 10.1. The Morgan fingerprint density at radius 3 is 2.24 bits per heavy atom. The molecule has 29 heavy (non-hydrogen) atoms. The molecule has 0 radical (unpaired) electrons. The highest BCUT2D eigenvalue weighted by Crippen LogP contribution is 2.38. The van der Waals surface area contributed by atoms with E-state index < -0.39 is 0 Å². The van der Waals surface area contributed by atoms with E-state index in [-0.39, 0.29) is 0 Å². The fourth-order valence-electron chi connectivity index (χ4n) is 3.43. The summed E-state index contributed by atoms with van der Waals surface area (Å²) < 4.78 is 18.5. The van der Waals surface area contributed by atoms with Gasteiger partial charge < -0.3 is 14.2 Å². The molecule has 2 heterocycles. The first-order chi connectivity index (χ1) is 14.0. The molecule has 1 fully saturated rings. The number of aromatic nitrogens is 3. The summed E-state index contributed by atoms with van der Waals surface area (Å²) >= 11 is 5.48. The summed E-state index contributed by atoms with van der Waals surface area (Å²) in [5, 5.41) is 4.66. The van der Waals surface area contributed by atoms with Crippen LogP contribution in [0, 0.1) is 11.7 Å². The Morgan fingerprint density at radius 1 is 1.00 bits per heavy atom. The van der Waals surface area contributed by atoms with Gasteiger partial charge >= 0.3 is 0 Å². The molecule has 2 aromatic rings. The normalized spacial score (nSPS) is 14.9. The van der Waals surface area contributed by atoms with Crippen LogP contribution in [-0.4, -0.2) is 54.1 Å². The Bertz CT molecular complexity index is 911. The highest BCUT2D eigenvalue weighted by Gasteiger charge is 2.13. The monoisotopic (exact) mass is 416 g/mol. The molecular formula is C21H28N4O3S. The maximum atomic E-state index is 5.48. The van der Waals surface area contributed by atoms with Gasteiger partial charge in [0.05, 0.1) is 39.4 Å². The molecule has 0 bridgehead atoms. The Kier molecular flexibility index (Phi) is 7.22. The fraction of sp³-hybridized carbons (Fsp3) is 0.476. The van der Waals surface area contributed by atoms with Crippen molar-refractivity contribution in [3.05, 3.63) is 33.9 Å². The number of hydrogen-bond donors (Lipinski definition) is 0. The van der Waals surface area contributed by atoms with E-state index >= 15 is 0 Å². The highest BCUT2D eigenvalue weighted by molar-refractivity contribution is 7.71. The largest absolute Gasteiger partial charge is 0.493 e. The van der Waals surface area contributed by atoms with Crippen molar-refractivity contribution < 1.29 is 14.2 Å². The van der Waals surface area contributed by atoms with Crippen molar-refractivity contribution >= 4 is 24.4 Å². The topological polar surface area (TPSA) is 61.6 Å². The maximum absolute atomic E-state index is 5.48. The summed E-state index contributed by atoms with van der Waals surface area (Å²) in [6.45, 7) is 4.82. The molecule has 0 N–H and O–H groups in total. The fourth-order valence-corrected chi connectivity index (χ4v) is 3.63. The molecule has 7 nitrogen and oxygen atoms in total. The third kappa shape index (κ3) is 5.13. The van der Waals surface area contributed by atoms with Gasteiger partial charge in [0, 0.05) is 0 Å². The minimum Gasteiger partial charge on any atom is -0.493 e. The molecular weight excluding hydrogens is 388 g/mol. The van der Waals surface area contributed by atoms with E-state index in [1.54, 1.807) is 21.3 Å². The van der Waals surface area contributed by atoms with Gasteiger partial charge in [-0.25, -0.2) is 9.67 Å². The lowest BCUT2D eigenvalue weighted by Crippen LogP contribution is -2.33. The van der Waals surface area contributed by atoms with Crippen LogP contribution in [0.3, 0.4) is 0 Å². The van der Waals surface area contributed by atoms with Gasteiger partial charge in [0.1, 0.15) is 0 Å². The first-order valence-corrected chi connectivity index (χ1v) is 10.1. The number of likely N-dealkylation sites (tertiary alicyclic amines) is 1. The van der Waals surface area contributed by atoms with Crippen LogP contribution in [0.15, 0.2) is 12.1 Å². The second-order valence-electron chi connectivity index (χ2n) is 6.98. The number of piperidine rings is 1. The van der Waals surface area contributed by atoms with Crippen LogP contribution >= 0.6 is 12.2 Å². The Morgan fingerprint density at radius 2 is 1.66 bits per heavy atom. The smallest absolute Gasteiger partial charge is 0.217 e.